The number of ether oxygens (including phenoxy) is 2. The van der Waals surface area contributed by atoms with Crippen LogP contribution in [0.15, 0.2) is 48.5 Å². The molecule has 1 aliphatic carbocycles. The molecule has 0 bridgehead atoms. The summed E-state index contributed by atoms with van der Waals surface area (Å²) in [5.74, 6) is 1.35. The number of nitrogens with one attached hydrogen (secondary N) is 1. The van der Waals surface area contributed by atoms with Crippen LogP contribution in [0, 0.1) is 0 Å². The maximum absolute atomic E-state index is 13.5. The predicted octanol–water partition coefficient (Wildman–Crippen LogP) is 5.28. The normalized spacial score (nSPS) is 14.4. The number of benzene rings is 2. The highest BCUT2D eigenvalue weighted by molar-refractivity contribution is 5.88. The summed E-state index contributed by atoms with van der Waals surface area (Å²) in [5.41, 5.74) is 2.03. The van der Waals surface area contributed by atoms with Gasteiger partial charge in [-0.25, -0.2) is 0 Å². The van der Waals surface area contributed by atoms with E-state index in [9.17, 15) is 9.59 Å². The molecule has 6 nitrogen and oxygen atoms in total. The van der Waals surface area contributed by atoms with Crippen LogP contribution in [-0.2, 0) is 22.6 Å². The Bertz CT molecular complexity index is 941. The summed E-state index contributed by atoms with van der Waals surface area (Å²) in [7, 11) is 0. The average molecular weight is 481 g/mol. The zero-order valence-electron chi connectivity index (χ0n) is 21.4. The van der Waals surface area contributed by atoms with Crippen LogP contribution in [-0.4, -0.2) is 42.0 Å². The van der Waals surface area contributed by atoms with E-state index in [4.69, 9.17) is 9.47 Å². The summed E-state index contributed by atoms with van der Waals surface area (Å²) in [6.07, 6.45) is 5.81. The Kier molecular flexibility index (Phi) is 10.5. The number of nitrogens with zero attached hydrogens (tertiary/aromatic N) is 1. The molecule has 1 atom stereocenters. The van der Waals surface area contributed by atoms with Gasteiger partial charge in [0.15, 0.2) is 11.5 Å². The topological polar surface area (TPSA) is 67.9 Å². The van der Waals surface area contributed by atoms with Gasteiger partial charge in [0.1, 0.15) is 6.04 Å². The van der Waals surface area contributed by atoms with Gasteiger partial charge in [-0.2, -0.15) is 0 Å². The van der Waals surface area contributed by atoms with Gasteiger partial charge in [-0.3, -0.25) is 9.59 Å². The van der Waals surface area contributed by atoms with Crippen molar-refractivity contribution < 1.29 is 19.1 Å². The minimum atomic E-state index is -0.484. The number of rotatable bonds is 13. The minimum absolute atomic E-state index is 0.0193. The second-order valence-corrected chi connectivity index (χ2v) is 9.07. The lowest BCUT2D eigenvalue weighted by Gasteiger charge is -2.31. The molecule has 0 unspecified atom stereocenters. The quantitative estimate of drug-likeness (QED) is 0.423. The van der Waals surface area contributed by atoms with E-state index < -0.39 is 6.04 Å². The average Bonchev–Trinajstić information content (AvgIpc) is 3.37. The van der Waals surface area contributed by atoms with E-state index in [1.807, 2.05) is 69.3 Å². The van der Waals surface area contributed by atoms with Crippen molar-refractivity contribution in [3.63, 3.8) is 0 Å². The fourth-order valence-corrected chi connectivity index (χ4v) is 4.71. The zero-order valence-corrected chi connectivity index (χ0v) is 21.4. The van der Waals surface area contributed by atoms with Gasteiger partial charge < -0.3 is 19.7 Å². The van der Waals surface area contributed by atoms with E-state index in [1.54, 1.807) is 4.90 Å². The summed E-state index contributed by atoms with van der Waals surface area (Å²) in [6, 6.07) is 15.5. The van der Waals surface area contributed by atoms with Crippen LogP contribution in [0.4, 0.5) is 0 Å². The molecule has 35 heavy (non-hydrogen) atoms. The van der Waals surface area contributed by atoms with Crippen LogP contribution in [0.5, 0.6) is 11.5 Å². The highest BCUT2D eigenvalue weighted by Gasteiger charge is 2.30. The number of aryl methyl sites for hydroxylation is 1. The lowest BCUT2D eigenvalue weighted by molar-refractivity contribution is -0.141. The number of amides is 2. The Morgan fingerprint density at radius 2 is 1.63 bits per heavy atom. The molecule has 6 heteroatoms. The summed E-state index contributed by atoms with van der Waals surface area (Å²) in [4.78, 5) is 28.5. The summed E-state index contributed by atoms with van der Waals surface area (Å²) in [6.45, 7) is 7.38. The number of carbonyl (C=O) groups excluding carboxylic acids is 2. The Morgan fingerprint density at radius 1 is 0.943 bits per heavy atom. The number of hydrogen-bond donors (Lipinski definition) is 1. The second kappa shape index (κ2) is 13.8. The van der Waals surface area contributed by atoms with Crippen molar-refractivity contribution in [3.8, 4) is 11.5 Å². The minimum Gasteiger partial charge on any atom is -0.490 e. The first-order valence-electron chi connectivity index (χ1n) is 13.1. The van der Waals surface area contributed by atoms with Crippen LogP contribution < -0.4 is 14.8 Å². The van der Waals surface area contributed by atoms with E-state index in [2.05, 4.69) is 5.32 Å². The van der Waals surface area contributed by atoms with Crippen molar-refractivity contribution in [3.05, 3.63) is 59.7 Å². The van der Waals surface area contributed by atoms with Gasteiger partial charge in [-0.05, 0) is 62.8 Å². The van der Waals surface area contributed by atoms with Crippen LogP contribution in [0.2, 0.25) is 0 Å². The largest absolute Gasteiger partial charge is 0.490 e. The van der Waals surface area contributed by atoms with Gasteiger partial charge in [0.25, 0.3) is 0 Å². The van der Waals surface area contributed by atoms with Gasteiger partial charge >= 0.3 is 0 Å². The molecule has 0 spiro atoms. The summed E-state index contributed by atoms with van der Waals surface area (Å²) < 4.78 is 11.4. The first kappa shape index (κ1) is 26.6. The number of carbonyl (C=O) groups is 2. The van der Waals surface area contributed by atoms with E-state index in [0.717, 1.165) is 36.8 Å². The van der Waals surface area contributed by atoms with Gasteiger partial charge in [0.2, 0.25) is 11.8 Å². The smallest absolute Gasteiger partial charge is 0.243 e. The second-order valence-electron chi connectivity index (χ2n) is 9.07. The van der Waals surface area contributed by atoms with Gasteiger partial charge in [0, 0.05) is 19.0 Å². The molecule has 3 rings (SSSR count). The van der Waals surface area contributed by atoms with Gasteiger partial charge in [-0.15, -0.1) is 0 Å². The van der Waals surface area contributed by atoms with Crippen molar-refractivity contribution in [2.75, 3.05) is 13.2 Å². The molecular formula is C29H40N2O4. The van der Waals surface area contributed by atoms with E-state index in [1.165, 1.54) is 0 Å². The molecule has 1 N–H and O–H groups in total. The maximum Gasteiger partial charge on any atom is 0.243 e. The standard InChI is InChI=1S/C29H40N2O4/c1-4-25(29(33)30-24-14-10-11-15-24)31(21-23-12-8-7-9-13-23)28(32)19-17-22-16-18-26(34-5-2)27(20-22)35-6-3/h7-9,12-13,16,18,20,24-25H,4-6,10-11,14-15,17,19,21H2,1-3H3,(H,30,33)/t25-/m1/s1. The van der Waals surface area contributed by atoms with Crippen molar-refractivity contribution in [1.29, 1.82) is 0 Å². The molecule has 0 aliphatic heterocycles. The van der Waals surface area contributed by atoms with Crippen LogP contribution in [0.25, 0.3) is 0 Å². The molecule has 1 fully saturated rings. The molecule has 0 aromatic heterocycles. The third kappa shape index (κ3) is 7.74. The van der Waals surface area contributed by atoms with Crippen molar-refractivity contribution in [2.45, 2.75) is 84.3 Å². The molecule has 2 aromatic rings. The van der Waals surface area contributed by atoms with Gasteiger partial charge in [0.05, 0.1) is 13.2 Å². The maximum atomic E-state index is 13.5. The molecule has 2 amide bonds. The Balaban J connectivity index is 1.74. The molecular weight excluding hydrogens is 440 g/mol. The van der Waals surface area contributed by atoms with Crippen LogP contribution in [0.1, 0.15) is 70.4 Å². The number of hydrogen-bond acceptors (Lipinski definition) is 4. The molecule has 1 aliphatic rings. The molecule has 0 saturated heterocycles. The molecule has 2 aromatic carbocycles. The van der Waals surface area contributed by atoms with Crippen molar-refractivity contribution >= 4 is 11.8 Å². The molecule has 190 valence electrons. The van der Waals surface area contributed by atoms with Crippen molar-refractivity contribution in [1.82, 2.24) is 10.2 Å². The third-order valence-electron chi connectivity index (χ3n) is 6.52. The van der Waals surface area contributed by atoms with Crippen LogP contribution in [0.3, 0.4) is 0 Å². The lowest BCUT2D eigenvalue weighted by atomic mass is 10.1. The summed E-state index contributed by atoms with van der Waals surface area (Å²) >= 11 is 0. The third-order valence-corrected chi connectivity index (χ3v) is 6.52. The van der Waals surface area contributed by atoms with Crippen molar-refractivity contribution in [2.24, 2.45) is 0 Å². The lowest BCUT2D eigenvalue weighted by Crippen LogP contribution is -2.51. The first-order chi connectivity index (χ1) is 17.0. The molecule has 0 radical (unpaired) electrons. The Hall–Kier alpha value is -3.02. The predicted molar refractivity (Wildman–Crippen MR) is 139 cm³/mol. The SMILES string of the molecule is CCOc1ccc(CCC(=O)N(Cc2ccccc2)[C@H](CC)C(=O)NC2CCCC2)cc1OCC. The summed E-state index contributed by atoms with van der Waals surface area (Å²) in [5, 5.41) is 3.20. The molecule has 1 saturated carbocycles. The van der Waals surface area contributed by atoms with Gasteiger partial charge in [-0.1, -0.05) is 56.2 Å². The Labute approximate surface area is 210 Å². The zero-order chi connectivity index (χ0) is 25.0. The van der Waals surface area contributed by atoms with E-state index >= 15 is 0 Å². The Morgan fingerprint density at radius 3 is 2.29 bits per heavy atom. The van der Waals surface area contributed by atoms with Crippen LogP contribution >= 0.6 is 0 Å². The molecule has 0 heterocycles. The highest BCUT2D eigenvalue weighted by Crippen LogP contribution is 2.29. The monoisotopic (exact) mass is 480 g/mol. The fraction of sp³-hybridized carbons (Fsp3) is 0.517. The fourth-order valence-electron chi connectivity index (χ4n) is 4.71. The highest BCUT2D eigenvalue weighted by atomic mass is 16.5. The van der Waals surface area contributed by atoms with E-state index in [-0.39, 0.29) is 17.9 Å². The first-order valence-corrected chi connectivity index (χ1v) is 13.1. The van der Waals surface area contributed by atoms with E-state index in [0.29, 0.717) is 50.5 Å².